The second-order valence-electron chi connectivity index (χ2n) is 5.37. The molecule has 21 heavy (non-hydrogen) atoms. The number of nitrogens with zero attached hydrogens (tertiary/aromatic N) is 4. The third kappa shape index (κ3) is 2.61. The minimum Gasteiger partial charge on any atom is -0.336 e. The molecule has 1 fully saturated rings. The zero-order valence-corrected chi connectivity index (χ0v) is 12.0. The lowest BCUT2D eigenvalue weighted by Crippen LogP contribution is -2.43. The van der Waals surface area contributed by atoms with E-state index >= 15 is 0 Å². The van der Waals surface area contributed by atoms with Crippen molar-refractivity contribution in [2.24, 2.45) is 7.05 Å². The molecule has 3 heterocycles. The topological polar surface area (TPSA) is 60.1 Å². The summed E-state index contributed by atoms with van der Waals surface area (Å²) in [6.07, 6.45) is 7.23. The maximum absolute atomic E-state index is 12.6. The first-order chi connectivity index (χ1) is 10.2. The Morgan fingerprint density at radius 1 is 1.33 bits per heavy atom. The Morgan fingerprint density at radius 3 is 2.95 bits per heavy atom. The summed E-state index contributed by atoms with van der Waals surface area (Å²) in [7, 11) is 1.65. The van der Waals surface area contributed by atoms with Crippen LogP contribution in [0.3, 0.4) is 0 Å². The lowest BCUT2D eigenvalue weighted by Gasteiger charge is -2.32. The number of hydrogen-bond acceptors (Lipinski definition) is 3. The maximum atomic E-state index is 12.6. The first-order valence-electron chi connectivity index (χ1n) is 7.11. The molecule has 0 saturated carbocycles. The van der Waals surface area contributed by atoms with Crippen molar-refractivity contribution in [3.8, 4) is 0 Å². The number of likely N-dealkylation sites (tertiary alicyclic amines) is 1. The van der Waals surface area contributed by atoms with Crippen molar-refractivity contribution in [3.63, 3.8) is 0 Å². The van der Waals surface area contributed by atoms with Gasteiger partial charge in [-0.25, -0.2) is 0 Å². The number of pyridine rings is 1. The Kier molecular flexibility index (Phi) is 3.60. The first kappa shape index (κ1) is 13.6. The van der Waals surface area contributed by atoms with Crippen molar-refractivity contribution >= 4 is 5.91 Å². The van der Waals surface area contributed by atoms with E-state index in [4.69, 9.17) is 0 Å². The lowest BCUT2D eigenvalue weighted by molar-refractivity contribution is 0.0670. The van der Waals surface area contributed by atoms with E-state index in [1.54, 1.807) is 36.5 Å². The van der Waals surface area contributed by atoms with Crippen molar-refractivity contribution < 1.29 is 4.79 Å². The highest BCUT2D eigenvalue weighted by Crippen LogP contribution is 2.21. The fourth-order valence-electron chi connectivity index (χ4n) is 2.78. The van der Waals surface area contributed by atoms with Crippen molar-refractivity contribution in [3.05, 3.63) is 52.7 Å². The predicted molar refractivity (Wildman–Crippen MR) is 78.1 cm³/mol. The summed E-state index contributed by atoms with van der Waals surface area (Å²) in [6.45, 7) is 1.28. The Balaban J connectivity index is 1.81. The molecular weight excluding hydrogens is 268 g/mol. The normalized spacial score (nSPS) is 18.7. The highest BCUT2D eigenvalue weighted by atomic mass is 16.2. The zero-order valence-electron chi connectivity index (χ0n) is 12.0. The number of aromatic nitrogens is 3. The van der Waals surface area contributed by atoms with Gasteiger partial charge in [-0.1, -0.05) is 0 Å². The molecule has 110 valence electrons. The number of carbonyl (C=O) groups is 1. The summed E-state index contributed by atoms with van der Waals surface area (Å²) in [5, 5.41) is 4.25. The summed E-state index contributed by atoms with van der Waals surface area (Å²) < 4.78 is 3.32. The van der Waals surface area contributed by atoms with E-state index in [2.05, 4.69) is 5.10 Å². The van der Waals surface area contributed by atoms with Gasteiger partial charge in [-0.2, -0.15) is 5.10 Å². The fraction of sp³-hybridized carbons (Fsp3) is 0.400. The van der Waals surface area contributed by atoms with Gasteiger partial charge in [0, 0.05) is 38.7 Å². The Morgan fingerprint density at radius 2 is 2.19 bits per heavy atom. The van der Waals surface area contributed by atoms with Gasteiger partial charge in [0.25, 0.3) is 11.5 Å². The minimum absolute atomic E-state index is 0.185. The number of rotatable bonds is 2. The Hall–Kier alpha value is -2.37. The van der Waals surface area contributed by atoms with Crippen LogP contribution < -0.4 is 5.56 Å². The van der Waals surface area contributed by atoms with Crippen LogP contribution in [0.4, 0.5) is 0 Å². The van der Waals surface area contributed by atoms with Crippen molar-refractivity contribution in [1.82, 2.24) is 19.2 Å². The molecule has 3 rings (SSSR count). The summed E-state index contributed by atoms with van der Waals surface area (Å²) in [6, 6.07) is 5.39. The molecule has 6 heteroatoms. The maximum Gasteiger partial charge on any atom is 0.263 e. The molecule has 0 spiro atoms. The van der Waals surface area contributed by atoms with Gasteiger partial charge in [0.15, 0.2) is 0 Å². The molecule has 2 aromatic rings. The molecule has 0 N–H and O–H groups in total. The molecule has 1 saturated heterocycles. The van der Waals surface area contributed by atoms with E-state index in [0.29, 0.717) is 13.1 Å². The van der Waals surface area contributed by atoms with Crippen LogP contribution in [0.5, 0.6) is 0 Å². The predicted octanol–water partition coefficient (Wildman–Crippen LogP) is 1.06. The van der Waals surface area contributed by atoms with E-state index in [1.165, 1.54) is 4.57 Å². The van der Waals surface area contributed by atoms with Gasteiger partial charge in [0.05, 0.1) is 6.04 Å². The third-order valence-corrected chi connectivity index (χ3v) is 3.94. The van der Waals surface area contributed by atoms with Crippen LogP contribution in [-0.4, -0.2) is 38.2 Å². The van der Waals surface area contributed by atoms with Gasteiger partial charge in [0.1, 0.15) is 5.56 Å². The van der Waals surface area contributed by atoms with E-state index in [1.807, 2.05) is 16.9 Å². The molecule has 2 aromatic heterocycles. The number of piperidine rings is 1. The summed E-state index contributed by atoms with van der Waals surface area (Å²) >= 11 is 0. The minimum atomic E-state index is -0.247. The molecule has 6 nitrogen and oxygen atoms in total. The van der Waals surface area contributed by atoms with Crippen molar-refractivity contribution in [2.75, 3.05) is 13.1 Å². The Labute approximate surface area is 122 Å². The molecule has 0 radical (unpaired) electrons. The third-order valence-electron chi connectivity index (χ3n) is 3.94. The average Bonchev–Trinajstić information content (AvgIpc) is 3.04. The van der Waals surface area contributed by atoms with Gasteiger partial charge < -0.3 is 9.47 Å². The average molecular weight is 286 g/mol. The summed E-state index contributed by atoms with van der Waals surface area (Å²) in [5.74, 6) is -0.187. The molecule has 1 aliphatic heterocycles. The monoisotopic (exact) mass is 286 g/mol. The number of hydrogen-bond donors (Lipinski definition) is 0. The smallest absolute Gasteiger partial charge is 0.263 e. The molecule has 0 aliphatic carbocycles. The molecule has 1 amide bonds. The first-order valence-corrected chi connectivity index (χ1v) is 7.11. The standard InChI is InChI=1S/C15H18N4O2/c1-17-8-3-6-13(14(17)20)15(21)18-9-2-5-12(11-18)19-10-4-7-16-19/h3-4,6-8,10,12H,2,5,9,11H2,1H3/t12-/m1/s1. The Bertz CT molecular complexity index is 690. The van der Waals surface area contributed by atoms with Gasteiger partial charge >= 0.3 is 0 Å². The molecular formula is C15H18N4O2. The number of aryl methyl sites for hydroxylation is 1. The van der Waals surface area contributed by atoms with E-state index in [-0.39, 0.29) is 23.1 Å². The number of amides is 1. The van der Waals surface area contributed by atoms with Gasteiger partial charge in [0.2, 0.25) is 0 Å². The summed E-state index contributed by atoms with van der Waals surface area (Å²) in [5.41, 5.74) is -0.00942. The van der Waals surface area contributed by atoms with Crippen LogP contribution >= 0.6 is 0 Å². The molecule has 0 aromatic carbocycles. The molecule has 1 atom stereocenters. The zero-order chi connectivity index (χ0) is 14.8. The van der Waals surface area contributed by atoms with Crippen LogP contribution in [0.15, 0.2) is 41.6 Å². The van der Waals surface area contributed by atoms with Gasteiger partial charge in [-0.3, -0.25) is 14.3 Å². The van der Waals surface area contributed by atoms with E-state index in [0.717, 1.165) is 12.8 Å². The molecule has 0 bridgehead atoms. The second kappa shape index (κ2) is 5.55. The molecule has 0 unspecified atom stereocenters. The van der Waals surface area contributed by atoms with Gasteiger partial charge in [-0.15, -0.1) is 0 Å². The van der Waals surface area contributed by atoms with Crippen molar-refractivity contribution in [2.45, 2.75) is 18.9 Å². The van der Waals surface area contributed by atoms with Crippen LogP contribution in [0.1, 0.15) is 29.2 Å². The summed E-state index contributed by atoms with van der Waals surface area (Å²) in [4.78, 5) is 26.4. The SMILES string of the molecule is Cn1cccc(C(=O)N2CCC[C@@H](n3cccn3)C2)c1=O. The quantitative estimate of drug-likeness (QED) is 0.829. The highest BCUT2D eigenvalue weighted by Gasteiger charge is 2.27. The van der Waals surface area contributed by atoms with Crippen LogP contribution in [0, 0.1) is 0 Å². The van der Waals surface area contributed by atoms with Gasteiger partial charge in [-0.05, 0) is 31.0 Å². The lowest BCUT2D eigenvalue weighted by atomic mass is 10.0. The second-order valence-corrected chi connectivity index (χ2v) is 5.37. The highest BCUT2D eigenvalue weighted by molar-refractivity contribution is 5.93. The van der Waals surface area contributed by atoms with E-state index < -0.39 is 0 Å². The fourth-order valence-corrected chi connectivity index (χ4v) is 2.78. The van der Waals surface area contributed by atoms with Crippen molar-refractivity contribution in [1.29, 1.82) is 0 Å². The molecule has 1 aliphatic rings. The largest absolute Gasteiger partial charge is 0.336 e. The van der Waals surface area contributed by atoms with Crippen LogP contribution in [-0.2, 0) is 7.05 Å². The van der Waals surface area contributed by atoms with Crippen LogP contribution in [0.2, 0.25) is 0 Å². The van der Waals surface area contributed by atoms with Crippen LogP contribution in [0.25, 0.3) is 0 Å². The van der Waals surface area contributed by atoms with E-state index in [9.17, 15) is 9.59 Å². The number of carbonyl (C=O) groups excluding carboxylic acids is 1.